The first-order valence-electron chi connectivity index (χ1n) is 4.21. The van der Waals surface area contributed by atoms with Gasteiger partial charge in [0.2, 0.25) is 0 Å². The molecule has 0 aliphatic rings. The number of rotatable bonds is 2. The summed E-state index contributed by atoms with van der Waals surface area (Å²) in [6.07, 6.45) is 6.32. The largest absolute Gasteiger partial charge is 0.275 e. The molecule has 2 aromatic heterocycles. The van der Waals surface area contributed by atoms with Gasteiger partial charge >= 0.3 is 0 Å². The molecule has 0 bridgehead atoms. The Kier molecular flexibility index (Phi) is 2.04. The molecular weight excluding hydrogens is 164 g/mol. The molecule has 4 nitrogen and oxygen atoms in total. The summed E-state index contributed by atoms with van der Waals surface area (Å²) < 4.78 is 0. The topological polar surface area (TPSA) is 54.5 Å². The lowest BCUT2D eigenvalue weighted by Gasteiger charge is -1.96. The predicted molar refractivity (Wildman–Crippen MR) is 49.0 cm³/mol. The fourth-order valence-corrected chi connectivity index (χ4v) is 1.06. The average Bonchev–Trinajstić information content (AvgIpc) is 2.71. The van der Waals surface area contributed by atoms with Crippen molar-refractivity contribution in [1.82, 2.24) is 20.2 Å². The summed E-state index contributed by atoms with van der Waals surface area (Å²) in [4.78, 5) is 8.42. The van der Waals surface area contributed by atoms with E-state index >= 15 is 0 Å². The Morgan fingerprint density at radius 2 is 2.08 bits per heavy atom. The maximum absolute atomic E-state index is 4.21. The molecule has 0 unspecified atom stereocenters. The van der Waals surface area contributed by atoms with E-state index in [4.69, 9.17) is 0 Å². The molecule has 0 spiro atoms. The third-order valence-electron chi connectivity index (χ3n) is 1.86. The van der Waals surface area contributed by atoms with Gasteiger partial charge in [-0.25, -0.2) is 9.97 Å². The van der Waals surface area contributed by atoms with E-state index in [0.717, 1.165) is 17.7 Å². The normalized spacial score (nSPS) is 10.2. The number of aromatic nitrogens is 4. The number of aryl methyl sites for hydroxylation is 1. The number of hydrogen-bond donors (Lipinski definition) is 1. The molecular formula is C9H10N4. The molecule has 0 atom stereocenters. The molecule has 0 saturated heterocycles. The van der Waals surface area contributed by atoms with E-state index in [-0.39, 0.29) is 0 Å². The summed E-state index contributed by atoms with van der Waals surface area (Å²) in [5.41, 5.74) is 1.99. The van der Waals surface area contributed by atoms with Gasteiger partial charge in [-0.2, -0.15) is 5.10 Å². The molecule has 0 saturated carbocycles. The van der Waals surface area contributed by atoms with Crippen molar-refractivity contribution in [3.63, 3.8) is 0 Å². The Bertz CT molecular complexity index is 363. The Labute approximate surface area is 76.1 Å². The van der Waals surface area contributed by atoms with Crippen molar-refractivity contribution in [2.24, 2.45) is 0 Å². The number of hydrogen-bond acceptors (Lipinski definition) is 3. The number of nitrogens with zero attached hydrogens (tertiary/aromatic N) is 3. The Morgan fingerprint density at radius 3 is 2.62 bits per heavy atom. The first-order valence-corrected chi connectivity index (χ1v) is 4.21. The van der Waals surface area contributed by atoms with Crippen molar-refractivity contribution in [1.29, 1.82) is 0 Å². The highest BCUT2D eigenvalue weighted by Gasteiger charge is 2.00. The lowest BCUT2D eigenvalue weighted by Crippen LogP contribution is -1.91. The first kappa shape index (κ1) is 7.91. The van der Waals surface area contributed by atoms with Crippen molar-refractivity contribution >= 4 is 0 Å². The van der Waals surface area contributed by atoms with Gasteiger partial charge in [0.25, 0.3) is 0 Å². The quantitative estimate of drug-likeness (QED) is 0.749. The Balaban J connectivity index is 2.33. The minimum absolute atomic E-state index is 0.690. The van der Waals surface area contributed by atoms with Crippen LogP contribution in [0.15, 0.2) is 24.7 Å². The van der Waals surface area contributed by atoms with E-state index in [1.165, 1.54) is 0 Å². The molecule has 0 aromatic carbocycles. The minimum atomic E-state index is 0.690. The zero-order valence-electron chi connectivity index (χ0n) is 7.36. The summed E-state index contributed by atoms with van der Waals surface area (Å²) in [6, 6.07) is 1.85. The second-order valence-electron chi connectivity index (χ2n) is 2.74. The third kappa shape index (κ3) is 1.56. The fourth-order valence-electron chi connectivity index (χ4n) is 1.06. The molecule has 2 rings (SSSR count). The number of nitrogens with one attached hydrogen (secondary N) is 1. The van der Waals surface area contributed by atoms with Gasteiger partial charge < -0.3 is 0 Å². The summed E-state index contributed by atoms with van der Waals surface area (Å²) in [6.45, 7) is 2.08. The summed E-state index contributed by atoms with van der Waals surface area (Å²) in [7, 11) is 0. The highest BCUT2D eigenvalue weighted by molar-refractivity contribution is 5.47. The highest BCUT2D eigenvalue weighted by Crippen LogP contribution is 2.09. The van der Waals surface area contributed by atoms with E-state index < -0.39 is 0 Å². The first-order chi connectivity index (χ1) is 6.40. The van der Waals surface area contributed by atoms with Crippen LogP contribution in [-0.4, -0.2) is 20.2 Å². The predicted octanol–water partition coefficient (Wildman–Crippen LogP) is 1.43. The zero-order chi connectivity index (χ0) is 9.10. The van der Waals surface area contributed by atoms with Gasteiger partial charge in [-0.05, 0) is 18.1 Å². The zero-order valence-corrected chi connectivity index (χ0v) is 7.36. The van der Waals surface area contributed by atoms with Crippen LogP contribution in [0.1, 0.15) is 12.5 Å². The maximum Gasteiger partial charge on any atom is 0.177 e. The molecule has 66 valence electrons. The van der Waals surface area contributed by atoms with Crippen molar-refractivity contribution in [2.75, 3.05) is 0 Å². The van der Waals surface area contributed by atoms with Crippen LogP contribution in [0.3, 0.4) is 0 Å². The second kappa shape index (κ2) is 3.35. The smallest absolute Gasteiger partial charge is 0.177 e. The standard InChI is InChI=1S/C9H10N4/c1-2-7-5-10-9(11-6-7)8-3-4-12-13-8/h3-6H,2H2,1H3,(H,12,13). The second-order valence-corrected chi connectivity index (χ2v) is 2.74. The summed E-state index contributed by atoms with van der Waals surface area (Å²) in [5.74, 6) is 0.690. The van der Waals surface area contributed by atoms with Crippen LogP contribution in [0.2, 0.25) is 0 Å². The van der Waals surface area contributed by atoms with Gasteiger partial charge in [-0.3, -0.25) is 5.10 Å². The molecule has 2 heterocycles. The molecule has 1 N–H and O–H groups in total. The van der Waals surface area contributed by atoms with Gasteiger partial charge in [0.05, 0.1) is 0 Å². The summed E-state index contributed by atoms with van der Waals surface area (Å²) in [5, 5.41) is 6.65. The fraction of sp³-hybridized carbons (Fsp3) is 0.222. The van der Waals surface area contributed by atoms with Crippen molar-refractivity contribution in [2.45, 2.75) is 13.3 Å². The van der Waals surface area contributed by atoms with Crippen molar-refractivity contribution < 1.29 is 0 Å². The van der Waals surface area contributed by atoms with E-state index in [1.54, 1.807) is 6.20 Å². The van der Waals surface area contributed by atoms with Gasteiger partial charge in [0.15, 0.2) is 5.82 Å². The molecule has 4 heteroatoms. The van der Waals surface area contributed by atoms with Crippen molar-refractivity contribution in [3.8, 4) is 11.5 Å². The maximum atomic E-state index is 4.21. The van der Waals surface area contributed by atoms with Crippen LogP contribution >= 0.6 is 0 Å². The molecule has 0 aliphatic heterocycles. The molecule has 0 radical (unpaired) electrons. The monoisotopic (exact) mass is 174 g/mol. The van der Waals surface area contributed by atoms with E-state index in [2.05, 4.69) is 27.1 Å². The lowest BCUT2D eigenvalue weighted by molar-refractivity contribution is 1.02. The molecule has 0 amide bonds. The van der Waals surface area contributed by atoms with Crippen LogP contribution in [0.25, 0.3) is 11.5 Å². The number of H-pyrrole nitrogens is 1. The Hall–Kier alpha value is -1.71. The third-order valence-corrected chi connectivity index (χ3v) is 1.86. The average molecular weight is 174 g/mol. The van der Waals surface area contributed by atoms with E-state index in [1.807, 2.05) is 18.5 Å². The Morgan fingerprint density at radius 1 is 1.31 bits per heavy atom. The van der Waals surface area contributed by atoms with Crippen LogP contribution in [0.5, 0.6) is 0 Å². The minimum Gasteiger partial charge on any atom is -0.275 e. The molecule has 13 heavy (non-hydrogen) atoms. The van der Waals surface area contributed by atoms with Crippen molar-refractivity contribution in [3.05, 3.63) is 30.2 Å². The van der Waals surface area contributed by atoms with Crippen LogP contribution in [0, 0.1) is 0 Å². The van der Waals surface area contributed by atoms with Crippen LogP contribution in [0.4, 0.5) is 0 Å². The van der Waals surface area contributed by atoms with Gasteiger partial charge in [0.1, 0.15) is 5.69 Å². The molecule has 2 aromatic rings. The molecule has 0 fully saturated rings. The van der Waals surface area contributed by atoms with Gasteiger partial charge in [-0.1, -0.05) is 6.92 Å². The molecule has 0 aliphatic carbocycles. The van der Waals surface area contributed by atoms with Gasteiger partial charge in [0, 0.05) is 18.6 Å². The highest BCUT2D eigenvalue weighted by atomic mass is 15.1. The van der Waals surface area contributed by atoms with E-state index in [0.29, 0.717) is 5.82 Å². The number of aromatic amines is 1. The van der Waals surface area contributed by atoms with Gasteiger partial charge in [-0.15, -0.1) is 0 Å². The SMILES string of the molecule is CCc1cnc(-c2ccn[nH]2)nc1. The van der Waals surface area contributed by atoms with E-state index in [9.17, 15) is 0 Å². The van der Waals surface area contributed by atoms with Crippen LogP contribution < -0.4 is 0 Å². The van der Waals surface area contributed by atoms with Crippen LogP contribution in [-0.2, 0) is 6.42 Å². The lowest BCUT2D eigenvalue weighted by atomic mass is 10.3. The summed E-state index contributed by atoms with van der Waals surface area (Å²) >= 11 is 0.